The van der Waals surface area contributed by atoms with Crippen LogP contribution in [0.2, 0.25) is 0 Å². The van der Waals surface area contributed by atoms with Crippen LogP contribution in [0, 0.1) is 0 Å². The molecule has 0 unspecified atom stereocenters. The number of aromatic nitrogens is 6. The van der Waals surface area contributed by atoms with Crippen molar-refractivity contribution in [1.82, 2.24) is 28.7 Å². The molecule has 0 N–H and O–H groups in total. The Kier molecular flexibility index (Phi) is 8.79. The predicted octanol–water partition coefficient (Wildman–Crippen LogP) is 15.8. The Balaban J connectivity index is 1.06. The van der Waals surface area contributed by atoms with E-state index in [0.717, 1.165) is 88.6 Å². The molecule has 14 rings (SSSR count). The second-order valence-electron chi connectivity index (χ2n) is 17.6. The summed E-state index contributed by atoms with van der Waals surface area (Å²) in [6.45, 7) is 0. The van der Waals surface area contributed by atoms with Gasteiger partial charge in [-0.05, 0) is 59.7 Å². The molecule has 0 saturated heterocycles. The Morgan fingerprint density at radius 3 is 1.25 bits per heavy atom. The van der Waals surface area contributed by atoms with Gasteiger partial charge in [0.25, 0.3) is 0 Å². The molecule has 322 valence electrons. The Hall–Kier alpha value is -9.39. The Morgan fingerprint density at radius 1 is 0.261 bits per heavy atom. The second-order valence-corrected chi connectivity index (χ2v) is 17.6. The zero-order valence-electron chi connectivity index (χ0n) is 37.3. The summed E-state index contributed by atoms with van der Waals surface area (Å²) in [6, 6.07) is 86.2. The van der Waals surface area contributed by atoms with Gasteiger partial charge in [-0.2, -0.15) is 9.97 Å². The molecule has 4 aromatic heterocycles. The highest BCUT2D eigenvalue weighted by atomic mass is 15.2. The summed E-state index contributed by atoms with van der Waals surface area (Å²) in [7, 11) is 0. The molecule has 14 aromatic rings. The van der Waals surface area contributed by atoms with Gasteiger partial charge in [-0.25, -0.2) is 4.98 Å². The molecule has 0 atom stereocenters. The van der Waals surface area contributed by atoms with Gasteiger partial charge in [0.05, 0.1) is 38.8 Å². The number of hydrogen-bond donors (Lipinski definition) is 0. The molecule has 10 aromatic carbocycles. The van der Waals surface area contributed by atoms with E-state index in [4.69, 9.17) is 15.0 Å². The number of hydrogen-bond acceptors (Lipinski definition) is 3. The molecular formula is C63H40N6. The molecule has 0 radical (unpaired) electrons. The molecule has 0 spiro atoms. The van der Waals surface area contributed by atoms with Gasteiger partial charge < -0.3 is 9.13 Å². The lowest BCUT2D eigenvalue weighted by molar-refractivity contribution is 0.953. The van der Waals surface area contributed by atoms with Crippen molar-refractivity contribution in [2.24, 2.45) is 0 Å². The van der Waals surface area contributed by atoms with Crippen molar-refractivity contribution in [3.05, 3.63) is 243 Å². The highest BCUT2D eigenvalue weighted by molar-refractivity contribution is 6.14. The molecule has 0 aliphatic carbocycles. The summed E-state index contributed by atoms with van der Waals surface area (Å²) in [6.07, 6.45) is 0. The van der Waals surface area contributed by atoms with Gasteiger partial charge in [-0.3, -0.25) is 4.57 Å². The second kappa shape index (κ2) is 15.6. The van der Waals surface area contributed by atoms with Crippen LogP contribution in [0.25, 0.3) is 128 Å². The Bertz CT molecular complexity index is 4210. The van der Waals surface area contributed by atoms with E-state index in [1.165, 1.54) is 21.5 Å². The first kappa shape index (κ1) is 38.8. The van der Waals surface area contributed by atoms with Gasteiger partial charge in [-0.1, -0.05) is 194 Å². The van der Waals surface area contributed by atoms with Crippen LogP contribution < -0.4 is 0 Å². The zero-order valence-corrected chi connectivity index (χ0v) is 37.3. The van der Waals surface area contributed by atoms with Crippen LogP contribution in [0.15, 0.2) is 243 Å². The molecular weight excluding hydrogens is 841 g/mol. The van der Waals surface area contributed by atoms with E-state index in [1.807, 2.05) is 0 Å². The Morgan fingerprint density at radius 2 is 0.681 bits per heavy atom. The van der Waals surface area contributed by atoms with Crippen molar-refractivity contribution < 1.29 is 0 Å². The molecule has 6 nitrogen and oxygen atoms in total. The van der Waals surface area contributed by atoms with Gasteiger partial charge in [0.15, 0.2) is 11.6 Å². The number of para-hydroxylation sites is 6. The van der Waals surface area contributed by atoms with Crippen molar-refractivity contribution in [2.75, 3.05) is 0 Å². The van der Waals surface area contributed by atoms with Crippen LogP contribution >= 0.6 is 0 Å². The third kappa shape index (κ3) is 6.16. The molecule has 0 saturated carbocycles. The van der Waals surface area contributed by atoms with Crippen LogP contribution in [0.1, 0.15) is 0 Å². The van der Waals surface area contributed by atoms with Crippen LogP contribution in [0.3, 0.4) is 0 Å². The predicted molar refractivity (Wildman–Crippen MR) is 285 cm³/mol. The smallest absolute Gasteiger partial charge is 0.238 e. The number of fused-ring (bicyclic) bond motifs is 9. The van der Waals surface area contributed by atoms with Gasteiger partial charge in [0.1, 0.15) is 0 Å². The van der Waals surface area contributed by atoms with Gasteiger partial charge in [0.2, 0.25) is 5.95 Å². The minimum Gasteiger partial charge on any atom is -0.309 e. The van der Waals surface area contributed by atoms with Crippen molar-refractivity contribution in [1.29, 1.82) is 0 Å². The molecule has 0 aliphatic rings. The normalized spacial score (nSPS) is 11.8. The summed E-state index contributed by atoms with van der Waals surface area (Å²) in [5, 5.41) is 7.08. The molecule has 0 amide bonds. The van der Waals surface area contributed by atoms with E-state index < -0.39 is 0 Å². The average molecular weight is 881 g/mol. The summed E-state index contributed by atoms with van der Waals surface area (Å²) >= 11 is 0. The Labute approximate surface area is 397 Å². The number of rotatable bonds is 7. The molecule has 0 bridgehead atoms. The maximum absolute atomic E-state index is 5.54. The molecule has 0 fully saturated rings. The van der Waals surface area contributed by atoms with Crippen LogP contribution in [-0.4, -0.2) is 28.7 Å². The third-order valence-electron chi connectivity index (χ3n) is 13.7. The summed E-state index contributed by atoms with van der Waals surface area (Å²) in [4.78, 5) is 16.5. The molecule has 69 heavy (non-hydrogen) atoms. The van der Waals surface area contributed by atoms with Crippen molar-refractivity contribution in [3.63, 3.8) is 0 Å². The first-order valence-electron chi connectivity index (χ1n) is 23.4. The SMILES string of the molecule is c1ccc(-c2ccc(-c3nc(-c4cccc(-n5c6ccccc6c6ccccc65)c4)nc(-n4c5ccccc5c5cccc(-c6ccccc6)c54)n3)cc2-n2c3ccccc3c3ccccc32)cc1. The maximum Gasteiger partial charge on any atom is 0.238 e. The fraction of sp³-hybridized carbons (Fsp3) is 0. The number of benzene rings is 10. The van der Waals surface area contributed by atoms with Gasteiger partial charge in [0, 0.05) is 60.3 Å². The highest BCUT2D eigenvalue weighted by Crippen LogP contribution is 2.41. The monoisotopic (exact) mass is 880 g/mol. The van der Waals surface area contributed by atoms with Crippen LogP contribution in [0.4, 0.5) is 0 Å². The van der Waals surface area contributed by atoms with Gasteiger partial charge in [-0.15, -0.1) is 0 Å². The van der Waals surface area contributed by atoms with Crippen molar-refractivity contribution in [3.8, 4) is 62.4 Å². The van der Waals surface area contributed by atoms with Crippen molar-refractivity contribution in [2.45, 2.75) is 0 Å². The molecule has 0 aliphatic heterocycles. The minimum atomic E-state index is 0.539. The van der Waals surface area contributed by atoms with E-state index in [1.54, 1.807) is 0 Å². The first-order valence-corrected chi connectivity index (χ1v) is 23.4. The van der Waals surface area contributed by atoms with Crippen LogP contribution in [0.5, 0.6) is 0 Å². The zero-order chi connectivity index (χ0) is 45.4. The standard InChI is InChI=1S/C63H40N6/c1-3-19-41(20-4-1)46-38-37-44(40-59(46)68-56-34-14-9-27-50(56)51-28-10-15-35-57(51)68)62-64-61(43-23-17-24-45(39-43)67-54-32-12-7-25-48(54)49-26-8-13-33-55(49)67)65-63(66-62)69-58-36-16-11-29-52(58)53-31-18-30-47(60(53)69)42-21-5-2-6-22-42/h1-40H. The fourth-order valence-corrected chi connectivity index (χ4v) is 10.7. The molecule has 6 heteroatoms. The lowest BCUT2D eigenvalue weighted by Crippen LogP contribution is -2.07. The lowest BCUT2D eigenvalue weighted by atomic mass is 10.0. The van der Waals surface area contributed by atoms with E-state index in [9.17, 15) is 0 Å². The largest absolute Gasteiger partial charge is 0.309 e. The molecule has 4 heterocycles. The minimum absolute atomic E-state index is 0.539. The van der Waals surface area contributed by atoms with Gasteiger partial charge >= 0.3 is 0 Å². The topological polar surface area (TPSA) is 53.5 Å². The first-order chi connectivity index (χ1) is 34.2. The average Bonchev–Trinajstić information content (AvgIpc) is 4.07. The maximum atomic E-state index is 5.54. The third-order valence-corrected chi connectivity index (χ3v) is 13.7. The van der Waals surface area contributed by atoms with Crippen molar-refractivity contribution >= 4 is 65.4 Å². The number of nitrogens with zero attached hydrogens (tertiary/aromatic N) is 6. The van der Waals surface area contributed by atoms with Crippen LogP contribution in [-0.2, 0) is 0 Å². The van der Waals surface area contributed by atoms with E-state index in [2.05, 4.69) is 256 Å². The summed E-state index contributed by atoms with van der Waals surface area (Å²) in [5.41, 5.74) is 14.9. The van der Waals surface area contributed by atoms with E-state index in [0.29, 0.717) is 17.6 Å². The van der Waals surface area contributed by atoms with E-state index >= 15 is 0 Å². The summed E-state index contributed by atoms with van der Waals surface area (Å²) in [5.74, 6) is 1.69. The highest BCUT2D eigenvalue weighted by Gasteiger charge is 2.23. The quantitative estimate of drug-likeness (QED) is 0.160. The lowest BCUT2D eigenvalue weighted by Gasteiger charge is -2.17. The van der Waals surface area contributed by atoms with E-state index in [-0.39, 0.29) is 0 Å². The fourth-order valence-electron chi connectivity index (χ4n) is 10.7. The summed E-state index contributed by atoms with van der Waals surface area (Å²) < 4.78 is 6.98.